The third-order valence-electron chi connectivity index (χ3n) is 2.58. The van der Waals surface area contributed by atoms with Crippen LogP contribution in [0.2, 0.25) is 5.02 Å². The molecule has 0 bridgehead atoms. The van der Waals surface area contributed by atoms with E-state index in [0.29, 0.717) is 6.42 Å². The van der Waals surface area contributed by atoms with E-state index in [-0.39, 0.29) is 5.02 Å². The van der Waals surface area contributed by atoms with Crippen LogP contribution in [0.25, 0.3) is 0 Å². The highest BCUT2D eigenvalue weighted by Gasteiger charge is 2.24. The van der Waals surface area contributed by atoms with E-state index >= 15 is 0 Å². The SMILES string of the molecule is CC(O)(Cc1ccc(Cl)c(F)c1)c1cccs1. The Balaban J connectivity index is 2.23. The van der Waals surface area contributed by atoms with Gasteiger partial charge in [-0.25, -0.2) is 4.39 Å². The molecule has 1 N–H and O–H groups in total. The van der Waals surface area contributed by atoms with Gasteiger partial charge in [0.1, 0.15) is 5.82 Å². The fraction of sp³-hybridized carbons (Fsp3) is 0.231. The van der Waals surface area contributed by atoms with Gasteiger partial charge >= 0.3 is 0 Å². The van der Waals surface area contributed by atoms with Crippen molar-refractivity contribution in [3.63, 3.8) is 0 Å². The van der Waals surface area contributed by atoms with Crippen LogP contribution in [0.4, 0.5) is 4.39 Å². The lowest BCUT2D eigenvalue weighted by Gasteiger charge is -2.22. The third-order valence-corrected chi connectivity index (χ3v) is 4.01. The summed E-state index contributed by atoms with van der Waals surface area (Å²) in [6, 6.07) is 8.36. The van der Waals surface area contributed by atoms with E-state index in [9.17, 15) is 9.50 Å². The van der Waals surface area contributed by atoms with E-state index in [1.54, 1.807) is 13.0 Å². The zero-order valence-corrected chi connectivity index (χ0v) is 10.9. The number of benzene rings is 1. The molecule has 0 aliphatic carbocycles. The van der Waals surface area contributed by atoms with Crippen molar-refractivity contribution in [2.45, 2.75) is 18.9 Å². The Morgan fingerprint density at radius 1 is 1.41 bits per heavy atom. The van der Waals surface area contributed by atoms with Crippen LogP contribution in [0, 0.1) is 5.82 Å². The van der Waals surface area contributed by atoms with Gasteiger partial charge in [0, 0.05) is 11.3 Å². The van der Waals surface area contributed by atoms with Crippen LogP contribution >= 0.6 is 22.9 Å². The van der Waals surface area contributed by atoms with Crippen LogP contribution in [0.5, 0.6) is 0 Å². The highest BCUT2D eigenvalue weighted by Crippen LogP contribution is 2.29. The first-order valence-corrected chi connectivity index (χ1v) is 6.45. The summed E-state index contributed by atoms with van der Waals surface area (Å²) in [4.78, 5) is 0.868. The molecule has 0 aliphatic rings. The average molecular weight is 271 g/mol. The molecule has 2 rings (SSSR count). The normalized spacial score (nSPS) is 14.6. The van der Waals surface area contributed by atoms with Crippen molar-refractivity contribution in [2.24, 2.45) is 0 Å². The fourth-order valence-electron chi connectivity index (χ4n) is 1.72. The summed E-state index contributed by atoms with van der Waals surface area (Å²) in [5.74, 6) is -0.453. The standard InChI is InChI=1S/C13H12ClFOS/c1-13(16,12-3-2-6-17-12)8-9-4-5-10(14)11(15)7-9/h2-7,16H,8H2,1H3. The molecule has 1 atom stereocenters. The van der Waals surface area contributed by atoms with E-state index < -0.39 is 11.4 Å². The molecule has 1 aromatic carbocycles. The molecule has 1 aromatic heterocycles. The zero-order valence-electron chi connectivity index (χ0n) is 9.28. The molecule has 17 heavy (non-hydrogen) atoms. The van der Waals surface area contributed by atoms with Crippen LogP contribution in [0.3, 0.4) is 0 Å². The molecular formula is C13H12ClFOS. The predicted molar refractivity (Wildman–Crippen MR) is 69.0 cm³/mol. The first kappa shape index (κ1) is 12.6. The molecule has 0 aliphatic heterocycles. The van der Waals surface area contributed by atoms with Gasteiger partial charge in [0.2, 0.25) is 0 Å². The molecule has 90 valence electrons. The van der Waals surface area contributed by atoms with Gasteiger partial charge in [0.15, 0.2) is 0 Å². The van der Waals surface area contributed by atoms with Crippen molar-refractivity contribution >= 4 is 22.9 Å². The molecule has 4 heteroatoms. The zero-order chi connectivity index (χ0) is 12.5. The molecule has 0 saturated heterocycles. The fourth-order valence-corrected chi connectivity index (χ4v) is 2.62. The lowest BCUT2D eigenvalue weighted by atomic mass is 9.95. The molecule has 1 heterocycles. The van der Waals surface area contributed by atoms with Crippen molar-refractivity contribution in [3.05, 3.63) is 57.0 Å². The summed E-state index contributed by atoms with van der Waals surface area (Å²) in [5.41, 5.74) is -0.251. The van der Waals surface area contributed by atoms with Crippen LogP contribution in [0.15, 0.2) is 35.7 Å². The first-order chi connectivity index (χ1) is 7.99. The minimum absolute atomic E-state index is 0.101. The van der Waals surface area contributed by atoms with Gasteiger partial charge in [-0.2, -0.15) is 0 Å². The van der Waals surface area contributed by atoms with Gasteiger partial charge < -0.3 is 5.11 Å². The average Bonchev–Trinajstić information content (AvgIpc) is 2.77. The number of rotatable bonds is 3. The number of thiophene rings is 1. The number of hydrogen-bond donors (Lipinski definition) is 1. The van der Waals surface area contributed by atoms with Gasteiger partial charge in [0.05, 0.1) is 10.6 Å². The molecule has 0 saturated carbocycles. The smallest absolute Gasteiger partial charge is 0.142 e. The van der Waals surface area contributed by atoms with Crippen LogP contribution in [-0.2, 0) is 12.0 Å². The minimum atomic E-state index is -0.978. The summed E-state index contributed by atoms with van der Waals surface area (Å²) < 4.78 is 13.3. The highest BCUT2D eigenvalue weighted by atomic mass is 35.5. The summed E-state index contributed by atoms with van der Waals surface area (Å²) in [6.45, 7) is 1.73. The predicted octanol–water partition coefficient (Wildman–Crippen LogP) is 3.99. The lowest BCUT2D eigenvalue weighted by molar-refractivity contribution is 0.0614. The second kappa shape index (κ2) is 4.77. The van der Waals surface area contributed by atoms with Crippen molar-refractivity contribution in [1.82, 2.24) is 0 Å². The topological polar surface area (TPSA) is 20.2 Å². The molecule has 1 unspecified atom stereocenters. The summed E-state index contributed by atoms with van der Waals surface area (Å²) in [5, 5.41) is 12.4. The molecule has 0 spiro atoms. The quantitative estimate of drug-likeness (QED) is 0.894. The largest absolute Gasteiger partial charge is 0.384 e. The molecule has 1 nitrogen and oxygen atoms in total. The van der Waals surface area contributed by atoms with Gasteiger partial charge in [-0.1, -0.05) is 23.7 Å². The molecule has 2 aromatic rings. The Labute approximate surface area is 108 Å². The number of hydrogen-bond acceptors (Lipinski definition) is 2. The van der Waals surface area contributed by atoms with E-state index in [1.807, 2.05) is 17.5 Å². The van der Waals surface area contributed by atoms with Crippen LogP contribution in [-0.4, -0.2) is 5.11 Å². The van der Waals surface area contributed by atoms with E-state index in [2.05, 4.69) is 0 Å². The maximum Gasteiger partial charge on any atom is 0.142 e. The Morgan fingerprint density at radius 2 is 2.18 bits per heavy atom. The first-order valence-electron chi connectivity index (χ1n) is 5.19. The molecule has 0 amide bonds. The van der Waals surface area contributed by atoms with Crippen molar-refractivity contribution in [1.29, 1.82) is 0 Å². The van der Waals surface area contributed by atoms with Gasteiger partial charge in [0.25, 0.3) is 0 Å². The Kier molecular flexibility index (Phi) is 3.52. The number of aliphatic hydroxyl groups is 1. The summed E-state index contributed by atoms with van der Waals surface area (Å²) in [7, 11) is 0. The van der Waals surface area contributed by atoms with Crippen LogP contribution < -0.4 is 0 Å². The van der Waals surface area contributed by atoms with Gasteiger partial charge in [-0.05, 0) is 36.1 Å². The van der Waals surface area contributed by atoms with E-state index in [4.69, 9.17) is 11.6 Å². The van der Waals surface area contributed by atoms with E-state index in [0.717, 1.165) is 10.4 Å². The monoisotopic (exact) mass is 270 g/mol. The summed E-state index contributed by atoms with van der Waals surface area (Å²) >= 11 is 7.10. The van der Waals surface area contributed by atoms with E-state index in [1.165, 1.54) is 23.5 Å². The Morgan fingerprint density at radius 3 is 2.76 bits per heavy atom. The number of halogens is 2. The second-order valence-corrected chi connectivity index (χ2v) is 5.53. The van der Waals surface area contributed by atoms with Gasteiger partial charge in [-0.3, -0.25) is 0 Å². The van der Waals surface area contributed by atoms with Crippen molar-refractivity contribution in [3.8, 4) is 0 Å². The van der Waals surface area contributed by atoms with Crippen LogP contribution in [0.1, 0.15) is 17.4 Å². The highest BCUT2D eigenvalue weighted by molar-refractivity contribution is 7.10. The Hall–Kier alpha value is -0.900. The maximum absolute atomic E-state index is 13.3. The summed E-state index contributed by atoms with van der Waals surface area (Å²) in [6.07, 6.45) is 0.363. The van der Waals surface area contributed by atoms with Crippen molar-refractivity contribution in [2.75, 3.05) is 0 Å². The molecule has 0 fully saturated rings. The van der Waals surface area contributed by atoms with Gasteiger partial charge in [-0.15, -0.1) is 11.3 Å². The lowest BCUT2D eigenvalue weighted by Crippen LogP contribution is -2.22. The second-order valence-electron chi connectivity index (χ2n) is 4.18. The van der Waals surface area contributed by atoms with Crippen molar-refractivity contribution < 1.29 is 9.50 Å². The minimum Gasteiger partial charge on any atom is -0.384 e. The Bertz CT molecular complexity index is 508. The maximum atomic E-state index is 13.3. The third kappa shape index (κ3) is 2.86. The molecular weight excluding hydrogens is 259 g/mol. The molecule has 0 radical (unpaired) electrons.